The molecule has 0 bridgehead atoms. The number of hydrogen-bond donors (Lipinski definition) is 1. The molecule has 22 heavy (non-hydrogen) atoms. The Morgan fingerprint density at radius 3 is 2.41 bits per heavy atom. The molecule has 116 valence electrons. The minimum absolute atomic E-state index is 0.0729. The monoisotopic (exact) mass is 335 g/mol. The number of carboxylic acids is 1. The first-order chi connectivity index (χ1) is 10.2. The Morgan fingerprint density at radius 2 is 1.91 bits per heavy atom. The fraction of sp³-hybridized carbons (Fsp3) is 0.312. The number of thioether (sulfide) groups is 1. The molecule has 4 nitrogen and oxygen atoms in total. The van der Waals surface area contributed by atoms with Crippen LogP contribution in [-0.4, -0.2) is 32.7 Å². The van der Waals surface area contributed by atoms with E-state index in [4.69, 9.17) is 17.3 Å². The molecule has 1 N–H and O–H groups in total. The van der Waals surface area contributed by atoms with Gasteiger partial charge in [-0.2, -0.15) is 0 Å². The zero-order valence-electron chi connectivity index (χ0n) is 12.6. The van der Waals surface area contributed by atoms with Crippen molar-refractivity contribution in [2.24, 2.45) is 0 Å². The van der Waals surface area contributed by atoms with Gasteiger partial charge in [-0.05, 0) is 22.6 Å². The van der Waals surface area contributed by atoms with Crippen LogP contribution in [0.25, 0.3) is 6.08 Å². The third kappa shape index (κ3) is 3.75. The van der Waals surface area contributed by atoms with E-state index in [1.807, 2.05) is 24.3 Å². The lowest BCUT2D eigenvalue weighted by molar-refractivity contribution is -0.140. The molecular weight excluding hydrogens is 318 g/mol. The van der Waals surface area contributed by atoms with E-state index in [9.17, 15) is 9.59 Å². The summed E-state index contributed by atoms with van der Waals surface area (Å²) in [6, 6.07) is 7.96. The second-order valence-corrected chi connectivity index (χ2v) is 7.71. The van der Waals surface area contributed by atoms with Gasteiger partial charge in [-0.15, -0.1) is 0 Å². The number of benzene rings is 1. The summed E-state index contributed by atoms with van der Waals surface area (Å²) in [5, 5.41) is 8.81. The van der Waals surface area contributed by atoms with E-state index in [0.29, 0.717) is 4.91 Å². The predicted molar refractivity (Wildman–Crippen MR) is 92.7 cm³/mol. The van der Waals surface area contributed by atoms with Crippen molar-refractivity contribution in [3.63, 3.8) is 0 Å². The summed E-state index contributed by atoms with van der Waals surface area (Å²) in [6.45, 7) is 6.02. The lowest BCUT2D eigenvalue weighted by Gasteiger charge is -2.18. The van der Waals surface area contributed by atoms with E-state index in [0.717, 1.165) is 22.2 Å². The molecule has 1 aliphatic heterocycles. The second kappa shape index (κ2) is 6.22. The van der Waals surface area contributed by atoms with Gasteiger partial charge in [-0.3, -0.25) is 14.5 Å². The Bertz CT molecular complexity index is 657. The third-order valence-corrected chi connectivity index (χ3v) is 4.62. The molecule has 1 aliphatic rings. The molecular formula is C16H17NO3S2. The van der Waals surface area contributed by atoms with Gasteiger partial charge in [0.05, 0.1) is 4.91 Å². The van der Waals surface area contributed by atoms with Crippen molar-refractivity contribution >= 4 is 46.3 Å². The van der Waals surface area contributed by atoms with E-state index >= 15 is 0 Å². The first kappa shape index (κ1) is 16.7. The number of hydrogen-bond acceptors (Lipinski definition) is 4. The normalized spacial score (nSPS) is 17.4. The molecule has 6 heteroatoms. The summed E-state index contributed by atoms with van der Waals surface area (Å²) in [4.78, 5) is 24.5. The lowest BCUT2D eigenvalue weighted by Crippen LogP contribution is -2.33. The maximum atomic E-state index is 12.2. The number of carbonyl (C=O) groups is 2. The molecule has 1 heterocycles. The van der Waals surface area contributed by atoms with Crippen LogP contribution in [0.15, 0.2) is 29.2 Å². The standard InChI is InChI=1S/C16H17NO3S2/c1-16(2,3)11-6-4-10(5-7-11)8-12-14(20)17(9-13(18)19)15(21)22-12/h4-8H,9H2,1-3H3,(H,18,19). The molecule has 1 saturated heterocycles. The average Bonchev–Trinajstić information content (AvgIpc) is 2.66. The number of rotatable bonds is 3. The van der Waals surface area contributed by atoms with Gasteiger partial charge in [-0.25, -0.2) is 0 Å². The molecule has 1 amide bonds. The smallest absolute Gasteiger partial charge is 0.323 e. The van der Waals surface area contributed by atoms with Gasteiger partial charge in [0.1, 0.15) is 10.9 Å². The van der Waals surface area contributed by atoms with Gasteiger partial charge in [0.25, 0.3) is 5.91 Å². The Kier molecular flexibility index (Phi) is 4.72. The van der Waals surface area contributed by atoms with Gasteiger partial charge in [0.15, 0.2) is 0 Å². The zero-order chi connectivity index (χ0) is 16.5. The van der Waals surface area contributed by atoms with E-state index in [1.165, 1.54) is 5.56 Å². The molecule has 0 atom stereocenters. The second-order valence-electron chi connectivity index (χ2n) is 6.03. The van der Waals surface area contributed by atoms with Gasteiger partial charge in [0.2, 0.25) is 0 Å². The van der Waals surface area contributed by atoms with E-state index in [1.54, 1.807) is 6.08 Å². The average molecular weight is 335 g/mol. The summed E-state index contributed by atoms with van der Waals surface area (Å²) in [7, 11) is 0. The molecule has 0 spiro atoms. The molecule has 2 rings (SSSR count). The Hall–Kier alpha value is -1.66. The molecule has 0 aromatic heterocycles. The number of aliphatic carboxylic acids is 1. The zero-order valence-corrected chi connectivity index (χ0v) is 14.3. The number of thiocarbonyl (C=S) groups is 1. The Balaban J connectivity index is 2.22. The minimum atomic E-state index is -1.08. The SMILES string of the molecule is CC(C)(C)c1ccc(C=C2SC(=S)N(CC(=O)O)C2=O)cc1. The van der Waals surface area contributed by atoms with Crippen molar-refractivity contribution in [2.45, 2.75) is 26.2 Å². The molecule has 1 aromatic carbocycles. The number of amides is 1. The third-order valence-electron chi connectivity index (χ3n) is 3.24. The predicted octanol–water partition coefficient (Wildman–Crippen LogP) is 3.27. The Morgan fingerprint density at radius 1 is 1.32 bits per heavy atom. The maximum Gasteiger partial charge on any atom is 0.323 e. The highest BCUT2D eigenvalue weighted by molar-refractivity contribution is 8.26. The largest absolute Gasteiger partial charge is 0.480 e. The van der Waals surface area contributed by atoms with Gasteiger partial charge in [0, 0.05) is 0 Å². The highest BCUT2D eigenvalue weighted by Gasteiger charge is 2.33. The fourth-order valence-corrected chi connectivity index (χ4v) is 3.26. The molecule has 0 radical (unpaired) electrons. The molecule has 0 unspecified atom stereocenters. The van der Waals surface area contributed by atoms with Crippen molar-refractivity contribution < 1.29 is 14.7 Å². The quantitative estimate of drug-likeness (QED) is 0.679. The van der Waals surface area contributed by atoms with Crippen LogP contribution >= 0.6 is 24.0 Å². The van der Waals surface area contributed by atoms with E-state index in [2.05, 4.69) is 20.8 Å². The van der Waals surface area contributed by atoms with Gasteiger partial charge in [-0.1, -0.05) is 69.0 Å². The minimum Gasteiger partial charge on any atom is -0.480 e. The first-order valence-electron chi connectivity index (χ1n) is 6.76. The summed E-state index contributed by atoms with van der Waals surface area (Å²) in [6.07, 6.45) is 1.74. The molecule has 1 aromatic rings. The summed E-state index contributed by atoms with van der Waals surface area (Å²) in [5.41, 5.74) is 2.18. The van der Waals surface area contributed by atoms with Crippen molar-refractivity contribution in [3.05, 3.63) is 40.3 Å². The molecule has 0 saturated carbocycles. The van der Waals surface area contributed by atoms with Crippen LogP contribution in [0.2, 0.25) is 0 Å². The van der Waals surface area contributed by atoms with Crippen molar-refractivity contribution in [1.82, 2.24) is 4.90 Å². The van der Waals surface area contributed by atoms with E-state index in [-0.39, 0.29) is 15.6 Å². The van der Waals surface area contributed by atoms with Crippen LogP contribution in [-0.2, 0) is 15.0 Å². The molecule has 0 aliphatic carbocycles. The summed E-state index contributed by atoms with van der Waals surface area (Å²) < 4.78 is 0.282. The van der Waals surface area contributed by atoms with Gasteiger partial charge >= 0.3 is 5.97 Å². The van der Waals surface area contributed by atoms with E-state index < -0.39 is 12.5 Å². The van der Waals surface area contributed by atoms with Crippen molar-refractivity contribution in [2.75, 3.05) is 6.54 Å². The van der Waals surface area contributed by atoms with Crippen LogP contribution in [0.5, 0.6) is 0 Å². The highest BCUT2D eigenvalue weighted by Crippen LogP contribution is 2.32. The summed E-state index contributed by atoms with van der Waals surface area (Å²) in [5.74, 6) is -1.43. The number of nitrogens with zero attached hydrogens (tertiary/aromatic N) is 1. The first-order valence-corrected chi connectivity index (χ1v) is 7.98. The van der Waals surface area contributed by atoms with Crippen molar-refractivity contribution in [3.8, 4) is 0 Å². The van der Waals surface area contributed by atoms with Crippen LogP contribution in [0, 0.1) is 0 Å². The van der Waals surface area contributed by atoms with Gasteiger partial charge < -0.3 is 5.11 Å². The summed E-state index contributed by atoms with van der Waals surface area (Å²) >= 11 is 6.20. The number of carboxylic acid groups (broad SMARTS) is 1. The van der Waals surface area contributed by atoms with Crippen molar-refractivity contribution in [1.29, 1.82) is 0 Å². The Labute approximate surface area is 139 Å². The lowest BCUT2D eigenvalue weighted by atomic mass is 9.87. The highest BCUT2D eigenvalue weighted by atomic mass is 32.2. The van der Waals surface area contributed by atoms with Crippen LogP contribution < -0.4 is 0 Å². The van der Waals surface area contributed by atoms with Crippen LogP contribution in [0.3, 0.4) is 0 Å². The van der Waals surface area contributed by atoms with Crippen LogP contribution in [0.4, 0.5) is 0 Å². The fourth-order valence-electron chi connectivity index (χ4n) is 2.00. The topological polar surface area (TPSA) is 57.6 Å². The number of carbonyl (C=O) groups excluding carboxylic acids is 1. The van der Waals surface area contributed by atoms with Crippen LogP contribution in [0.1, 0.15) is 31.9 Å². The maximum absolute atomic E-state index is 12.2. The molecule has 1 fully saturated rings.